The van der Waals surface area contributed by atoms with Crippen molar-refractivity contribution in [2.24, 2.45) is 0 Å². The molecule has 1 aromatic heterocycles. The summed E-state index contributed by atoms with van der Waals surface area (Å²) in [5.41, 5.74) is 2.29. The van der Waals surface area contributed by atoms with Crippen molar-refractivity contribution < 1.29 is 12.8 Å². The summed E-state index contributed by atoms with van der Waals surface area (Å²) >= 11 is 0. The van der Waals surface area contributed by atoms with Crippen LogP contribution in [0.4, 0.5) is 0 Å². The number of oxazole rings is 1. The molecule has 17 heavy (non-hydrogen) atoms. The number of aromatic nitrogens is 1. The average Bonchev–Trinajstić information content (AvgIpc) is 2.73. The molecule has 1 N–H and O–H groups in total. The van der Waals surface area contributed by atoms with Crippen molar-refractivity contribution in [1.82, 2.24) is 9.71 Å². The van der Waals surface area contributed by atoms with Crippen molar-refractivity contribution in [1.29, 1.82) is 0 Å². The Kier molecular flexibility index (Phi) is 3.44. The van der Waals surface area contributed by atoms with Crippen LogP contribution in [0.3, 0.4) is 0 Å². The van der Waals surface area contributed by atoms with Crippen molar-refractivity contribution in [2.45, 2.75) is 19.9 Å². The minimum Gasteiger partial charge on any atom is -0.443 e. The third-order valence-corrected chi connectivity index (χ3v) is 3.89. The van der Waals surface area contributed by atoms with Gasteiger partial charge in [-0.15, -0.1) is 0 Å². The monoisotopic (exact) mass is 254 g/mol. The van der Waals surface area contributed by atoms with E-state index in [1.54, 1.807) is 6.07 Å². The van der Waals surface area contributed by atoms with Crippen molar-refractivity contribution >= 4 is 21.1 Å². The van der Waals surface area contributed by atoms with Crippen LogP contribution in [0.15, 0.2) is 29.0 Å². The van der Waals surface area contributed by atoms with Crippen LogP contribution in [0.5, 0.6) is 0 Å². The molecule has 1 aromatic carbocycles. The van der Waals surface area contributed by atoms with E-state index >= 15 is 0 Å². The molecule has 92 valence electrons. The lowest BCUT2D eigenvalue weighted by Crippen LogP contribution is -2.25. The van der Waals surface area contributed by atoms with Gasteiger partial charge in [-0.05, 0) is 24.1 Å². The van der Waals surface area contributed by atoms with Gasteiger partial charge in [-0.25, -0.2) is 18.1 Å². The quantitative estimate of drug-likeness (QED) is 0.880. The third-order valence-electron chi connectivity index (χ3n) is 2.36. The van der Waals surface area contributed by atoms with Crippen LogP contribution in [0.1, 0.15) is 18.9 Å². The van der Waals surface area contributed by atoms with E-state index in [9.17, 15) is 8.42 Å². The Morgan fingerprint density at radius 3 is 3.00 bits per heavy atom. The van der Waals surface area contributed by atoms with Gasteiger partial charge in [0, 0.05) is 6.54 Å². The second-order valence-corrected chi connectivity index (χ2v) is 5.72. The van der Waals surface area contributed by atoms with Gasteiger partial charge < -0.3 is 4.42 Å². The molecule has 0 aliphatic heterocycles. The lowest BCUT2D eigenvalue weighted by Gasteiger charge is -2.05. The summed E-state index contributed by atoms with van der Waals surface area (Å²) in [6.45, 7) is 2.11. The van der Waals surface area contributed by atoms with Gasteiger partial charge in [-0.1, -0.05) is 13.0 Å². The Bertz CT molecular complexity index is 604. The first kappa shape index (κ1) is 12.1. The molecule has 0 spiro atoms. The van der Waals surface area contributed by atoms with Crippen molar-refractivity contribution in [3.63, 3.8) is 0 Å². The number of nitrogens with one attached hydrogen (secondary N) is 1. The molecule has 2 rings (SSSR count). The number of rotatable bonds is 5. The standard InChI is InChI=1S/C11H14N2O3S/c1-2-5-17(14,15)13-7-9-3-4-10-11(6-9)16-8-12-10/h3-4,6,8,13H,2,5,7H2,1H3. The normalized spacial score (nSPS) is 12.1. The fourth-order valence-corrected chi connectivity index (χ4v) is 2.61. The number of hydrogen-bond donors (Lipinski definition) is 1. The number of fused-ring (bicyclic) bond motifs is 1. The Labute approximate surface area is 99.9 Å². The van der Waals surface area contributed by atoms with E-state index in [2.05, 4.69) is 9.71 Å². The molecule has 0 bridgehead atoms. The highest BCUT2D eigenvalue weighted by molar-refractivity contribution is 7.89. The molecule has 0 amide bonds. The molecule has 5 nitrogen and oxygen atoms in total. The summed E-state index contributed by atoms with van der Waals surface area (Å²) < 4.78 is 30.6. The van der Waals surface area contributed by atoms with E-state index in [1.807, 2.05) is 19.1 Å². The maximum atomic E-state index is 11.5. The first-order valence-corrected chi connectivity index (χ1v) is 7.05. The molecule has 2 aromatic rings. The predicted molar refractivity (Wildman–Crippen MR) is 64.9 cm³/mol. The van der Waals surface area contributed by atoms with Crippen LogP contribution in [0, 0.1) is 0 Å². The number of nitrogens with zero attached hydrogens (tertiary/aromatic N) is 1. The van der Waals surface area contributed by atoms with Crippen LogP contribution in [-0.4, -0.2) is 19.2 Å². The largest absolute Gasteiger partial charge is 0.443 e. The van der Waals surface area contributed by atoms with E-state index in [1.165, 1.54) is 6.39 Å². The molecule has 0 aliphatic carbocycles. The molecular formula is C11H14N2O3S. The smallest absolute Gasteiger partial charge is 0.211 e. The summed E-state index contributed by atoms with van der Waals surface area (Å²) in [5, 5.41) is 0. The van der Waals surface area contributed by atoms with Crippen LogP contribution >= 0.6 is 0 Å². The Morgan fingerprint density at radius 1 is 1.41 bits per heavy atom. The Balaban J connectivity index is 2.08. The molecule has 6 heteroatoms. The van der Waals surface area contributed by atoms with Gasteiger partial charge >= 0.3 is 0 Å². The van der Waals surface area contributed by atoms with Gasteiger partial charge in [0.15, 0.2) is 12.0 Å². The van der Waals surface area contributed by atoms with Gasteiger partial charge in [0.25, 0.3) is 0 Å². The maximum Gasteiger partial charge on any atom is 0.211 e. The first-order chi connectivity index (χ1) is 8.11. The highest BCUT2D eigenvalue weighted by Gasteiger charge is 2.08. The zero-order valence-corrected chi connectivity index (χ0v) is 10.3. The molecular weight excluding hydrogens is 240 g/mol. The molecule has 0 atom stereocenters. The molecule has 1 heterocycles. The van der Waals surface area contributed by atoms with Crippen molar-refractivity contribution in [3.8, 4) is 0 Å². The number of benzene rings is 1. The van der Waals surface area contributed by atoms with E-state index in [0.29, 0.717) is 12.0 Å². The molecule has 0 saturated heterocycles. The second-order valence-electron chi connectivity index (χ2n) is 3.79. The lowest BCUT2D eigenvalue weighted by molar-refractivity contribution is 0.579. The van der Waals surface area contributed by atoms with Crippen LogP contribution < -0.4 is 4.72 Å². The van der Waals surface area contributed by atoms with E-state index in [4.69, 9.17) is 4.42 Å². The molecule has 0 unspecified atom stereocenters. The average molecular weight is 254 g/mol. The minimum atomic E-state index is -3.17. The van der Waals surface area contributed by atoms with E-state index in [-0.39, 0.29) is 12.3 Å². The van der Waals surface area contributed by atoms with E-state index in [0.717, 1.165) is 11.1 Å². The molecule has 0 saturated carbocycles. The van der Waals surface area contributed by atoms with Gasteiger partial charge in [0.2, 0.25) is 10.0 Å². The van der Waals surface area contributed by atoms with E-state index < -0.39 is 10.0 Å². The first-order valence-electron chi connectivity index (χ1n) is 5.40. The minimum absolute atomic E-state index is 0.150. The van der Waals surface area contributed by atoms with Crippen molar-refractivity contribution in [3.05, 3.63) is 30.2 Å². The Hall–Kier alpha value is -1.40. The summed E-state index contributed by atoms with van der Waals surface area (Å²) in [4.78, 5) is 3.99. The highest BCUT2D eigenvalue weighted by atomic mass is 32.2. The molecule has 0 radical (unpaired) electrons. The van der Waals surface area contributed by atoms with Crippen molar-refractivity contribution in [2.75, 3.05) is 5.75 Å². The SMILES string of the molecule is CCCS(=O)(=O)NCc1ccc2ncoc2c1. The number of hydrogen-bond acceptors (Lipinski definition) is 4. The molecule has 0 fully saturated rings. The fraction of sp³-hybridized carbons (Fsp3) is 0.364. The summed E-state index contributed by atoms with van der Waals surface area (Å²) in [6, 6.07) is 5.43. The third kappa shape index (κ3) is 3.04. The Morgan fingerprint density at radius 2 is 2.24 bits per heavy atom. The van der Waals surface area contributed by atoms with Gasteiger partial charge in [-0.2, -0.15) is 0 Å². The van der Waals surface area contributed by atoms with Crippen LogP contribution in [0.25, 0.3) is 11.1 Å². The number of sulfonamides is 1. The maximum absolute atomic E-state index is 11.5. The second kappa shape index (κ2) is 4.85. The van der Waals surface area contributed by atoms with Gasteiger partial charge in [-0.3, -0.25) is 0 Å². The van der Waals surface area contributed by atoms with Crippen LogP contribution in [-0.2, 0) is 16.6 Å². The fourth-order valence-electron chi connectivity index (χ4n) is 1.54. The zero-order valence-electron chi connectivity index (χ0n) is 9.51. The topological polar surface area (TPSA) is 72.2 Å². The van der Waals surface area contributed by atoms with Gasteiger partial charge in [0.05, 0.1) is 5.75 Å². The summed E-state index contributed by atoms with van der Waals surface area (Å²) in [6.07, 6.45) is 1.98. The van der Waals surface area contributed by atoms with Crippen LogP contribution in [0.2, 0.25) is 0 Å². The summed E-state index contributed by atoms with van der Waals surface area (Å²) in [5.74, 6) is 0.150. The highest BCUT2D eigenvalue weighted by Crippen LogP contribution is 2.14. The lowest BCUT2D eigenvalue weighted by atomic mass is 10.2. The molecule has 0 aliphatic rings. The predicted octanol–water partition coefficient (Wildman–Crippen LogP) is 1.66. The summed E-state index contributed by atoms with van der Waals surface area (Å²) in [7, 11) is -3.17. The van der Waals surface area contributed by atoms with Gasteiger partial charge in [0.1, 0.15) is 5.52 Å². The zero-order chi connectivity index (χ0) is 12.3.